The van der Waals surface area contributed by atoms with E-state index in [0.29, 0.717) is 22.2 Å². The predicted octanol–water partition coefficient (Wildman–Crippen LogP) is 3.46. The van der Waals surface area contributed by atoms with Crippen molar-refractivity contribution < 1.29 is 0 Å². The summed E-state index contributed by atoms with van der Waals surface area (Å²) in [5.41, 5.74) is 1.71. The monoisotopic (exact) mass is 291 g/mol. The molecule has 2 heterocycles. The van der Waals surface area contributed by atoms with Crippen LogP contribution in [0.1, 0.15) is 5.56 Å². The van der Waals surface area contributed by atoms with E-state index < -0.39 is 0 Å². The smallest absolute Gasteiger partial charge is 0.190 e. The van der Waals surface area contributed by atoms with E-state index in [9.17, 15) is 0 Å². The minimum atomic E-state index is 0.160. The SMILES string of the molecule is C#CCSc1nc(Cl)c(C#N)c(-c2ccsc2)n1. The van der Waals surface area contributed by atoms with E-state index in [1.54, 1.807) is 0 Å². The summed E-state index contributed by atoms with van der Waals surface area (Å²) in [6, 6.07) is 3.92. The third-order valence-corrected chi connectivity index (χ3v) is 3.74. The highest BCUT2D eigenvalue weighted by Crippen LogP contribution is 2.29. The number of halogens is 1. The molecule has 0 fully saturated rings. The number of nitrogens with zero attached hydrogens (tertiary/aromatic N) is 3. The summed E-state index contributed by atoms with van der Waals surface area (Å²) in [6.45, 7) is 0. The molecular weight excluding hydrogens is 286 g/mol. The van der Waals surface area contributed by atoms with Gasteiger partial charge in [-0.2, -0.15) is 16.6 Å². The first-order valence-electron chi connectivity index (χ1n) is 4.82. The fourth-order valence-corrected chi connectivity index (χ4v) is 2.72. The molecule has 0 aromatic carbocycles. The summed E-state index contributed by atoms with van der Waals surface area (Å²) in [5, 5.41) is 13.6. The Bertz CT molecular complexity index is 639. The normalized spacial score (nSPS) is 9.72. The summed E-state index contributed by atoms with van der Waals surface area (Å²) >= 11 is 8.84. The van der Waals surface area contributed by atoms with Gasteiger partial charge in [-0.1, -0.05) is 29.3 Å². The van der Waals surface area contributed by atoms with E-state index in [4.69, 9.17) is 23.3 Å². The molecule has 0 saturated carbocycles. The Labute approximate surface area is 118 Å². The van der Waals surface area contributed by atoms with E-state index in [2.05, 4.69) is 15.9 Å². The Kier molecular flexibility index (Phi) is 4.22. The van der Waals surface area contributed by atoms with Crippen LogP contribution < -0.4 is 0 Å². The van der Waals surface area contributed by atoms with Crippen LogP contribution in [0.15, 0.2) is 22.0 Å². The highest BCUT2D eigenvalue weighted by atomic mass is 35.5. The molecule has 3 nitrogen and oxygen atoms in total. The van der Waals surface area contributed by atoms with E-state index in [-0.39, 0.29) is 5.15 Å². The minimum Gasteiger partial charge on any atom is -0.221 e. The molecule has 0 unspecified atom stereocenters. The van der Waals surface area contributed by atoms with Gasteiger partial charge in [-0.05, 0) is 11.4 Å². The Morgan fingerprint density at radius 3 is 2.94 bits per heavy atom. The van der Waals surface area contributed by atoms with Crippen LogP contribution in [0, 0.1) is 23.7 Å². The molecule has 2 rings (SSSR count). The van der Waals surface area contributed by atoms with Crippen molar-refractivity contribution in [1.29, 1.82) is 5.26 Å². The van der Waals surface area contributed by atoms with Crippen molar-refractivity contribution in [3.8, 4) is 29.7 Å². The number of terminal acetylenes is 1. The molecular formula is C12H6ClN3S2. The number of nitriles is 1. The molecule has 88 valence electrons. The number of thioether (sulfide) groups is 1. The van der Waals surface area contributed by atoms with E-state index >= 15 is 0 Å². The molecule has 0 atom stereocenters. The summed E-state index contributed by atoms with van der Waals surface area (Å²) < 4.78 is 0. The van der Waals surface area contributed by atoms with Crippen LogP contribution in [-0.4, -0.2) is 15.7 Å². The minimum absolute atomic E-state index is 0.160. The van der Waals surface area contributed by atoms with E-state index in [1.165, 1.54) is 23.1 Å². The fourth-order valence-electron chi connectivity index (χ4n) is 1.29. The maximum absolute atomic E-state index is 9.11. The van der Waals surface area contributed by atoms with Crippen LogP contribution >= 0.6 is 34.7 Å². The van der Waals surface area contributed by atoms with Crippen molar-refractivity contribution in [3.05, 3.63) is 27.5 Å². The maximum Gasteiger partial charge on any atom is 0.190 e. The number of hydrogen-bond donors (Lipinski definition) is 0. The third-order valence-electron chi connectivity index (χ3n) is 2.04. The van der Waals surface area contributed by atoms with Crippen LogP contribution in [0.4, 0.5) is 0 Å². The summed E-state index contributed by atoms with van der Waals surface area (Å²) in [7, 11) is 0. The van der Waals surface area contributed by atoms with Crippen LogP contribution in [0.5, 0.6) is 0 Å². The average Bonchev–Trinajstić information content (AvgIpc) is 2.89. The van der Waals surface area contributed by atoms with Crippen molar-refractivity contribution in [2.45, 2.75) is 5.16 Å². The molecule has 0 spiro atoms. The summed E-state index contributed by atoms with van der Waals surface area (Å²) in [4.78, 5) is 8.40. The Morgan fingerprint density at radius 1 is 1.50 bits per heavy atom. The number of aromatic nitrogens is 2. The second kappa shape index (κ2) is 5.88. The second-order valence-corrected chi connectivity index (χ2v) is 5.22. The summed E-state index contributed by atoms with van der Waals surface area (Å²) in [5.74, 6) is 2.96. The molecule has 2 aromatic heterocycles. The second-order valence-electron chi connectivity index (χ2n) is 3.14. The Balaban J connectivity index is 2.53. The van der Waals surface area contributed by atoms with Gasteiger partial charge < -0.3 is 0 Å². The topological polar surface area (TPSA) is 49.6 Å². The standard InChI is InChI=1S/C12H6ClN3S2/c1-2-4-18-12-15-10(8-3-5-17-7-8)9(6-14)11(13)16-12/h1,3,5,7H,4H2. The zero-order valence-electron chi connectivity index (χ0n) is 9.05. The first kappa shape index (κ1) is 12.9. The first-order chi connectivity index (χ1) is 8.76. The number of thiophene rings is 1. The number of hydrogen-bond acceptors (Lipinski definition) is 5. The highest BCUT2D eigenvalue weighted by molar-refractivity contribution is 7.99. The van der Waals surface area contributed by atoms with Gasteiger partial charge in [-0.15, -0.1) is 6.42 Å². The zero-order valence-corrected chi connectivity index (χ0v) is 11.4. The lowest BCUT2D eigenvalue weighted by Crippen LogP contribution is -1.96. The van der Waals surface area contributed by atoms with Crippen molar-refractivity contribution in [1.82, 2.24) is 9.97 Å². The van der Waals surface area contributed by atoms with Gasteiger partial charge in [0.15, 0.2) is 10.3 Å². The fraction of sp³-hybridized carbons (Fsp3) is 0.0833. The maximum atomic E-state index is 9.11. The Hall–Kier alpha value is -1.53. The quantitative estimate of drug-likeness (QED) is 0.376. The van der Waals surface area contributed by atoms with Crippen molar-refractivity contribution in [2.24, 2.45) is 0 Å². The van der Waals surface area contributed by atoms with Crippen molar-refractivity contribution >= 4 is 34.7 Å². The highest BCUT2D eigenvalue weighted by Gasteiger charge is 2.14. The van der Waals surface area contributed by atoms with Gasteiger partial charge in [0.05, 0.1) is 11.4 Å². The molecule has 0 N–H and O–H groups in total. The molecule has 6 heteroatoms. The van der Waals surface area contributed by atoms with Crippen LogP contribution in [-0.2, 0) is 0 Å². The first-order valence-corrected chi connectivity index (χ1v) is 7.13. The van der Waals surface area contributed by atoms with Gasteiger partial charge in [0.1, 0.15) is 11.6 Å². The lowest BCUT2D eigenvalue weighted by Gasteiger charge is -2.05. The molecule has 18 heavy (non-hydrogen) atoms. The van der Waals surface area contributed by atoms with Gasteiger partial charge in [0, 0.05) is 10.9 Å². The van der Waals surface area contributed by atoms with Gasteiger partial charge in [-0.25, -0.2) is 9.97 Å². The average molecular weight is 292 g/mol. The van der Waals surface area contributed by atoms with Crippen molar-refractivity contribution in [3.63, 3.8) is 0 Å². The molecule has 2 aromatic rings. The lowest BCUT2D eigenvalue weighted by atomic mass is 10.1. The lowest BCUT2D eigenvalue weighted by molar-refractivity contribution is 0.969. The number of rotatable bonds is 3. The Morgan fingerprint density at radius 2 is 2.33 bits per heavy atom. The van der Waals surface area contributed by atoms with Gasteiger partial charge in [0.25, 0.3) is 0 Å². The molecule has 0 radical (unpaired) electrons. The molecule has 0 aliphatic rings. The molecule has 0 aliphatic heterocycles. The van der Waals surface area contributed by atoms with Gasteiger partial charge >= 0.3 is 0 Å². The molecule has 0 aliphatic carbocycles. The van der Waals surface area contributed by atoms with Crippen LogP contribution in [0.3, 0.4) is 0 Å². The zero-order chi connectivity index (χ0) is 13.0. The van der Waals surface area contributed by atoms with Gasteiger partial charge in [-0.3, -0.25) is 0 Å². The van der Waals surface area contributed by atoms with Crippen LogP contribution in [0.25, 0.3) is 11.3 Å². The van der Waals surface area contributed by atoms with Crippen molar-refractivity contribution in [2.75, 3.05) is 5.75 Å². The summed E-state index contributed by atoms with van der Waals surface area (Å²) in [6.07, 6.45) is 5.19. The largest absolute Gasteiger partial charge is 0.221 e. The van der Waals surface area contributed by atoms with E-state index in [0.717, 1.165) is 5.56 Å². The van der Waals surface area contributed by atoms with E-state index in [1.807, 2.05) is 22.9 Å². The van der Waals surface area contributed by atoms with Crippen LogP contribution in [0.2, 0.25) is 5.15 Å². The molecule has 0 bridgehead atoms. The third kappa shape index (κ3) is 2.65. The predicted molar refractivity (Wildman–Crippen MR) is 74.6 cm³/mol. The van der Waals surface area contributed by atoms with Gasteiger partial charge in [0.2, 0.25) is 0 Å². The molecule has 0 amide bonds. The molecule has 0 saturated heterocycles.